The van der Waals surface area contributed by atoms with Crippen molar-refractivity contribution in [2.75, 3.05) is 7.05 Å². The van der Waals surface area contributed by atoms with Crippen LogP contribution in [0.2, 0.25) is 0 Å². The van der Waals surface area contributed by atoms with E-state index in [-0.39, 0.29) is 11.9 Å². The molecule has 0 aliphatic heterocycles. The zero-order chi connectivity index (χ0) is 19.3. The number of benzene rings is 1. The van der Waals surface area contributed by atoms with Crippen LogP contribution < -0.4 is 0 Å². The minimum absolute atomic E-state index is 0.0331. The first-order chi connectivity index (χ1) is 12.2. The molecule has 26 heavy (non-hydrogen) atoms. The summed E-state index contributed by atoms with van der Waals surface area (Å²) in [5.41, 5.74) is 2.49. The Morgan fingerprint density at radius 1 is 1.27 bits per heavy atom. The van der Waals surface area contributed by atoms with E-state index in [9.17, 15) is 9.90 Å². The molecule has 0 fully saturated rings. The summed E-state index contributed by atoms with van der Waals surface area (Å²) in [5, 5.41) is 9.66. The van der Waals surface area contributed by atoms with E-state index in [0.29, 0.717) is 12.0 Å². The van der Waals surface area contributed by atoms with Gasteiger partial charge in [-0.2, -0.15) is 0 Å². The van der Waals surface area contributed by atoms with E-state index in [1.165, 1.54) is 0 Å². The number of nitrogens with zero attached hydrogens (tertiary/aromatic N) is 2. The first-order valence-corrected chi connectivity index (χ1v) is 8.70. The fourth-order valence-electron chi connectivity index (χ4n) is 2.47. The largest absolute Gasteiger partial charge is 0.378 e. The molecule has 4 heteroatoms. The smallest absolute Gasteiger partial charge is 0.253 e. The van der Waals surface area contributed by atoms with Gasteiger partial charge in [0.1, 0.15) is 5.60 Å². The Kier molecular flexibility index (Phi) is 6.18. The highest BCUT2D eigenvalue weighted by atomic mass is 16.3. The molecule has 0 spiro atoms. The molecule has 0 aliphatic carbocycles. The van der Waals surface area contributed by atoms with Gasteiger partial charge in [0.25, 0.3) is 5.91 Å². The fourth-order valence-corrected chi connectivity index (χ4v) is 2.47. The van der Waals surface area contributed by atoms with Crippen LogP contribution in [0.15, 0.2) is 42.6 Å². The number of rotatable bonds is 4. The van der Waals surface area contributed by atoms with Gasteiger partial charge in [0.05, 0.1) is 0 Å². The van der Waals surface area contributed by atoms with Gasteiger partial charge in [0.2, 0.25) is 0 Å². The summed E-state index contributed by atoms with van der Waals surface area (Å²) in [4.78, 5) is 18.9. The van der Waals surface area contributed by atoms with E-state index in [1.807, 2.05) is 33.0 Å². The summed E-state index contributed by atoms with van der Waals surface area (Å²) in [6.45, 7) is 7.33. The summed E-state index contributed by atoms with van der Waals surface area (Å²) in [5.74, 6) is 5.64. The molecule has 1 heterocycles. The van der Waals surface area contributed by atoms with Gasteiger partial charge in [-0.1, -0.05) is 17.9 Å². The van der Waals surface area contributed by atoms with Gasteiger partial charge >= 0.3 is 0 Å². The van der Waals surface area contributed by atoms with Crippen LogP contribution in [0.25, 0.3) is 0 Å². The lowest BCUT2D eigenvalue weighted by atomic mass is 10.1. The predicted molar refractivity (Wildman–Crippen MR) is 104 cm³/mol. The van der Waals surface area contributed by atoms with Crippen molar-refractivity contribution < 1.29 is 9.90 Å². The van der Waals surface area contributed by atoms with E-state index in [2.05, 4.69) is 16.8 Å². The van der Waals surface area contributed by atoms with E-state index in [4.69, 9.17) is 0 Å². The van der Waals surface area contributed by atoms with E-state index in [1.54, 1.807) is 49.2 Å². The molecule has 1 amide bonds. The van der Waals surface area contributed by atoms with Crippen LogP contribution in [0.3, 0.4) is 0 Å². The maximum atomic E-state index is 12.7. The SMILES string of the molecule is Cc1cccnc1CC(C)N(C)C(=O)c1ccc(C#CC(C)(C)O)cc1. The van der Waals surface area contributed by atoms with Crippen LogP contribution in [0.4, 0.5) is 0 Å². The second kappa shape index (κ2) is 8.16. The Hall–Kier alpha value is -2.64. The van der Waals surface area contributed by atoms with E-state index >= 15 is 0 Å². The highest BCUT2D eigenvalue weighted by Crippen LogP contribution is 2.13. The van der Waals surface area contributed by atoms with Crippen LogP contribution in [-0.4, -0.2) is 39.6 Å². The van der Waals surface area contributed by atoms with Crippen molar-refractivity contribution in [1.82, 2.24) is 9.88 Å². The molecule has 2 aromatic rings. The van der Waals surface area contributed by atoms with E-state index < -0.39 is 5.60 Å². The lowest BCUT2D eigenvalue weighted by molar-refractivity contribution is 0.0742. The van der Waals surface area contributed by atoms with Gasteiger partial charge in [0, 0.05) is 42.5 Å². The quantitative estimate of drug-likeness (QED) is 0.862. The molecule has 0 radical (unpaired) electrons. The van der Waals surface area contributed by atoms with Crippen LogP contribution in [0.1, 0.15) is 48.0 Å². The molecule has 1 unspecified atom stereocenters. The monoisotopic (exact) mass is 350 g/mol. The number of aromatic nitrogens is 1. The first kappa shape index (κ1) is 19.7. The average Bonchev–Trinajstić information content (AvgIpc) is 2.60. The Balaban J connectivity index is 2.07. The second-order valence-corrected chi connectivity index (χ2v) is 7.12. The molecule has 2 rings (SSSR count). The molecule has 1 aromatic carbocycles. The van der Waals surface area contributed by atoms with Crippen molar-refractivity contribution in [3.05, 3.63) is 65.0 Å². The predicted octanol–water partition coefficient (Wildman–Crippen LogP) is 3.22. The number of aryl methyl sites for hydroxylation is 1. The maximum absolute atomic E-state index is 12.7. The molecule has 4 nitrogen and oxygen atoms in total. The zero-order valence-electron chi connectivity index (χ0n) is 16.1. The van der Waals surface area contributed by atoms with Gasteiger partial charge in [-0.05, 0) is 63.6 Å². The summed E-state index contributed by atoms with van der Waals surface area (Å²) in [6, 6.07) is 11.1. The van der Waals surface area contributed by atoms with Crippen LogP contribution in [-0.2, 0) is 6.42 Å². The first-order valence-electron chi connectivity index (χ1n) is 8.70. The lowest BCUT2D eigenvalue weighted by Crippen LogP contribution is -2.36. The molecular weight excluding hydrogens is 324 g/mol. The molecule has 1 aromatic heterocycles. The summed E-state index contributed by atoms with van der Waals surface area (Å²) in [7, 11) is 1.81. The molecule has 136 valence electrons. The number of hydrogen-bond donors (Lipinski definition) is 1. The lowest BCUT2D eigenvalue weighted by Gasteiger charge is -2.25. The van der Waals surface area contributed by atoms with Crippen molar-refractivity contribution in [1.29, 1.82) is 0 Å². The third-order valence-electron chi connectivity index (χ3n) is 4.23. The summed E-state index contributed by atoms with van der Waals surface area (Å²) < 4.78 is 0. The van der Waals surface area contributed by atoms with Crippen molar-refractivity contribution >= 4 is 5.91 Å². The highest BCUT2D eigenvalue weighted by Gasteiger charge is 2.18. The van der Waals surface area contributed by atoms with Crippen LogP contribution in [0.5, 0.6) is 0 Å². The number of carbonyl (C=O) groups is 1. The Morgan fingerprint density at radius 2 is 1.92 bits per heavy atom. The van der Waals surface area contributed by atoms with Crippen LogP contribution in [0, 0.1) is 18.8 Å². The van der Waals surface area contributed by atoms with Gasteiger partial charge in [-0.3, -0.25) is 9.78 Å². The third-order valence-corrected chi connectivity index (χ3v) is 4.23. The summed E-state index contributed by atoms with van der Waals surface area (Å²) >= 11 is 0. The normalized spacial score (nSPS) is 12.1. The maximum Gasteiger partial charge on any atom is 0.253 e. The van der Waals surface area contributed by atoms with Crippen LogP contribution >= 0.6 is 0 Å². The van der Waals surface area contributed by atoms with Gasteiger partial charge in [0.15, 0.2) is 0 Å². The van der Waals surface area contributed by atoms with Gasteiger partial charge < -0.3 is 10.0 Å². The Labute approximate surface area is 155 Å². The second-order valence-electron chi connectivity index (χ2n) is 7.12. The molecule has 0 saturated carbocycles. The number of hydrogen-bond acceptors (Lipinski definition) is 3. The highest BCUT2D eigenvalue weighted by molar-refractivity contribution is 5.94. The van der Waals surface area contributed by atoms with Crippen molar-refractivity contribution in [2.45, 2.75) is 45.8 Å². The van der Waals surface area contributed by atoms with Crippen molar-refractivity contribution in [2.24, 2.45) is 0 Å². The number of pyridine rings is 1. The third kappa shape index (κ3) is 5.44. The summed E-state index contributed by atoms with van der Waals surface area (Å²) in [6.07, 6.45) is 2.49. The van der Waals surface area contributed by atoms with Gasteiger partial charge in [-0.25, -0.2) is 0 Å². The molecule has 1 N–H and O–H groups in total. The average molecular weight is 350 g/mol. The standard InChI is InChI=1S/C22H26N2O2/c1-16-7-6-14-23-20(16)15-17(2)24(5)21(25)19-10-8-18(9-11-19)12-13-22(3,4)26/h6-11,14,17,26H,15H2,1-5H3. The number of aliphatic hydroxyl groups is 1. The fraction of sp³-hybridized carbons (Fsp3) is 0.364. The molecule has 1 atom stereocenters. The van der Waals surface area contributed by atoms with Crippen molar-refractivity contribution in [3.8, 4) is 11.8 Å². The number of carbonyl (C=O) groups excluding carboxylic acids is 1. The molecule has 0 aliphatic rings. The topological polar surface area (TPSA) is 53.4 Å². The zero-order valence-corrected chi connectivity index (χ0v) is 16.1. The Morgan fingerprint density at radius 3 is 2.50 bits per heavy atom. The van der Waals surface area contributed by atoms with Gasteiger partial charge in [-0.15, -0.1) is 0 Å². The van der Waals surface area contributed by atoms with Crippen molar-refractivity contribution in [3.63, 3.8) is 0 Å². The minimum Gasteiger partial charge on any atom is -0.378 e. The molecule has 0 saturated heterocycles. The number of likely N-dealkylation sites (N-methyl/N-ethyl adjacent to an activating group) is 1. The Bertz CT molecular complexity index is 824. The minimum atomic E-state index is -1.03. The van der Waals surface area contributed by atoms with E-state index in [0.717, 1.165) is 16.8 Å². The number of amides is 1. The molecular formula is C22H26N2O2. The molecule has 0 bridgehead atoms.